The highest BCUT2D eigenvalue weighted by Crippen LogP contribution is 2.39. The molecule has 1 aliphatic heterocycles. The lowest BCUT2D eigenvalue weighted by Gasteiger charge is -2.23. The second kappa shape index (κ2) is 9.09. The molecule has 1 saturated heterocycles. The molecule has 1 unspecified atom stereocenters. The summed E-state index contributed by atoms with van der Waals surface area (Å²) >= 11 is 1.55. The van der Waals surface area contributed by atoms with E-state index in [-0.39, 0.29) is 17.2 Å². The molecule has 1 atom stereocenters. The Hall–Kier alpha value is -3.52. The molecule has 8 heteroatoms. The predicted molar refractivity (Wildman–Crippen MR) is 117 cm³/mol. The molecule has 158 valence electrons. The third-order valence-corrected chi connectivity index (χ3v) is 6.15. The lowest BCUT2D eigenvalue weighted by molar-refractivity contribution is -0.128. The monoisotopic (exact) mass is 436 g/mol. The standard InChI is InChI=1S/C23H20N2O5S/c1-29-23(28)17-8-10-18(11-9-17)24-21(27)15-4-6-16(7-5-15)22-25(20(26)14-31-22)13-19-3-2-12-30-19/h2-12,22H,13-14H2,1H3,(H,24,27). The van der Waals surface area contributed by atoms with Crippen molar-refractivity contribution in [3.63, 3.8) is 0 Å². The lowest BCUT2D eigenvalue weighted by Crippen LogP contribution is -2.27. The zero-order valence-electron chi connectivity index (χ0n) is 16.7. The number of carbonyl (C=O) groups is 3. The lowest BCUT2D eigenvalue weighted by atomic mass is 10.1. The Labute approximate surface area is 183 Å². The van der Waals surface area contributed by atoms with E-state index in [0.29, 0.717) is 29.1 Å². The van der Waals surface area contributed by atoms with Crippen molar-refractivity contribution < 1.29 is 23.5 Å². The first kappa shape index (κ1) is 20.7. The minimum Gasteiger partial charge on any atom is -0.467 e. The number of carbonyl (C=O) groups excluding carboxylic acids is 3. The number of anilines is 1. The molecule has 0 bridgehead atoms. The third kappa shape index (κ3) is 4.64. The molecule has 0 saturated carbocycles. The molecule has 0 radical (unpaired) electrons. The van der Waals surface area contributed by atoms with Gasteiger partial charge in [0.1, 0.15) is 11.1 Å². The van der Waals surface area contributed by atoms with Gasteiger partial charge in [-0.1, -0.05) is 12.1 Å². The number of esters is 1. The second-order valence-electron chi connectivity index (χ2n) is 6.91. The van der Waals surface area contributed by atoms with Crippen molar-refractivity contribution in [2.45, 2.75) is 11.9 Å². The van der Waals surface area contributed by atoms with Crippen LogP contribution in [0.3, 0.4) is 0 Å². The van der Waals surface area contributed by atoms with E-state index in [2.05, 4.69) is 10.1 Å². The number of nitrogens with zero attached hydrogens (tertiary/aromatic N) is 1. The van der Waals surface area contributed by atoms with Crippen LogP contribution in [0.2, 0.25) is 0 Å². The van der Waals surface area contributed by atoms with E-state index in [9.17, 15) is 14.4 Å². The Morgan fingerprint density at radius 2 is 1.81 bits per heavy atom. The number of nitrogens with one attached hydrogen (secondary N) is 1. The first-order valence-corrected chi connectivity index (χ1v) is 10.6. The zero-order chi connectivity index (χ0) is 21.8. The summed E-state index contributed by atoms with van der Waals surface area (Å²) in [5.41, 5.74) is 2.42. The van der Waals surface area contributed by atoms with Crippen LogP contribution in [0.1, 0.15) is 37.4 Å². The van der Waals surface area contributed by atoms with Gasteiger partial charge in [-0.25, -0.2) is 4.79 Å². The summed E-state index contributed by atoms with van der Waals surface area (Å²) in [4.78, 5) is 38.2. The van der Waals surface area contributed by atoms with Gasteiger partial charge in [0, 0.05) is 11.3 Å². The van der Waals surface area contributed by atoms with E-state index in [1.165, 1.54) is 7.11 Å². The molecule has 2 amide bonds. The van der Waals surface area contributed by atoms with Crippen molar-refractivity contribution in [1.29, 1.82) is 0 Å². The van der Waals surface area contributed by atoms with Gasteiger partial charge in [-0.05, 0) is 54.1 Å². The van der Waals surface area contributed by atoms with Gasteiger partial charge in [0.05, 0.1) is 31.2 Å². The number of thioether (sulfide) groups is 1. The molecule has 0 aliphatic carbocycles. The fraction of sp³-hybridized carbons (Fsp3) is 0.174. The van der Waals surface area contributed by atoms with Crippen LogP contribution in [0.25, 0.3) is 0 Å². The van der Waals surface area contributed by atoms with Crippen molar-refractivity contribution in [1.82, 2.24) is 4.90 Å². The van der Waals surface area contributed by atoms with Crippen molar-refractivity contribution >= 4 is 35.2 Å². The molecule has 7 nitrogen and oxygen atoms in total. The average molecular weight is 436 g/mol. The molecular formula is C23H20N2O5S. The summed E-state index contributed by atoms with van der Waals surface area (Å²) in [6.07, 6.45) is 1.59. The SMILES string of the molecule is COC(=O)c1ccc(NC(=O)c2ccc(C3SCC(=O)N3Cc3ccco3)cc2)cc1. The van der Waals surface area contributed by atoms with Crippen molar-refractivity contribution in [3.05, 3.63) is 89.4 Å². The van der Waals surface area contributed by atoms with E-state index in [4.69, 9.17) is 4.42 Å². The summed E-state index contributed by atoms with van der Waals surface area (Å²) < 4.78 is 10.0. The zero-order valence-corrected chi connectivity index (χ0v) is 17.6. The molecule has 0 spiro atoms. The summed E-state index contributed by atoms with van der Waals surface area (Å²) in [6, 6.07) is 17.3. The summed E-state index contributed by atoms with van der Waals surface area (Å²) in [6.45, 7) is 0.410. The van der Waals surface area contributed by atoms with E-state index >= 15 is 0 Å². The second-order valence-corrected chi connectivity index (χ2v) is 7.98. The first-order chi connectivity index (χ1) is 15.0. The third-order valence-electron chi connectivity index (χ3n) is 4.90. The Morgan fingerprint density at radius 3 is 2.45 bits per heavy atom. The number of furan rings is 1. The fourth-order valence-corrected chi connectivity index (χ4v) is 4.47. The highest BCUT2D eigenvalue weighted by atomic mass is 32.2. The molecule has 31 heavy (non-hydrogen) atoms. The molecule has 1 aliphatic rings. The van der Waals surface area contributed by atoms with Gasteiger partial charge < -0.3 is 19.4 Å². The summed E-state index contributed by atoms with van der Waals surface area (Å²) in [7, 11) is 1.32. The molecule has 1 N–H and O–H groups in total. The van der Waals surface area contributed by atoms with E-state index in [1.54, 1.807) is 65.4 Å². The van der Waals surface area contributed by atoms with Crippen LogP contribution >= 0.6 is 11.8 Å². The molecule has 1 fully saturated rings. The fourth-order valence-electron chi connectivity index (χ4n) is 3.28. The van der Waals surface area contributed by atoms with Crippen LogP contribution in [0.15, 0.2) is 71.3 Å². The molecule has 2 aromatic carbocycles. The maximum Gasteiger partial charge on any atom is 0.337 e. The van der Waals surface area contributed by atoms with Gasteiger partial charge in [-0.15, -0.1) is 11.8 Å². The largest absolute Gasteiger partial charge is 0.467 e. The number of methoxy groups -OCH3 is 1. The van der Waals surface area contributed by atoms with Gasteiger partial charge in [0.2, 0.25) is 5.91 Å². The minimum atomic E-state index is -0.433. The highest BCUT2D eigenvalue weighted by Gasteiger charge is 2.33. The Morgan fingerprint density at radius 1 is 1.10 bits per heavy atom. The minimum absolute atomic E-state index is 0.0589. The average Bonchev–Trinajstić information content (AvgIpc) is 3.44. The van der Waals surface area contributed by atoms with E-state index in [0.717, 1.165) is 11.3 Å². The van der Waals surface area contributed by atoms with Crippen molar-refractivity contribution in [2.75, 3.05) is 18.2 Å². The van der Waals surface area contributed by atoms with Gasteiger partial charge in [-0.3, -0.25) is 9.59 Å². The van der Waals surface area contributed by atoms with Crippen LogP contribution in [0.5, 0.6) is 0 Å². The maximum absolute atomic E-state index is 12.6. The quantitative estimate of drug-likeness (QED) is 0.586. The highest BCUT2D eigenvalue weighted by molar-refractivity contribution is 8.00. The van der Waals surface area contributed by atoms with Crippen molar-refractivity contribution in [3.8, 4) is 0 Å². The van der Waals surface area contributed by atoms with Gasteiger partial charge >= 0.3 is 5.97 Å². The first-order valence-electron chi connectivity index (χ1n) is 9.58. The number of benzene rings is 2. The van der Waals surface area contributed by atoms with Gasteiger partial charge in [0.25, 0.3) is 5.91 Å². The Balaban J connectivity index is 1.43. The van der Waals surface area contributed by atoms with E-state index in [1.807, 2.05) is 18.2 Å². The van der Waals surface area contributed by atoms with Crippen LogP contribution in [0, 0.1) is 0 Å². The number of amides is 2. The maximum atomic E-state index is 12.6. The molecule has 4 rings (SSSR count). The van der Waals surface area contributed by atoms with Gasteiger partial charge in [0.15, 0.2) is 0 Å². The van der Waals surface area contributed by atoms with Gasteiger partial charge in [-0.2, -0.15) is 0 Å². The topological polar surface area (TPSA) is 88.8 Å². The molecule has 3 aromatic rings. The normalized spacial score (nSPS) is 15.7. The van der Waals surface area contributed by atoms with Crippen molar-refractivity contribution in [2.24, 2.45) is 0 Å². The number of rotatable bonds is 6. The Bertz CT molecular complexity index is 1080. The molecular weight excluding hydrogens is 416 g/mol. The summed E-state index contributed by atoms with van der Waals surface area (Å²) in [5, 5.41) is 2.68. The Kier molecular flexibility index (Phi) is 6.08. The van der Waals surface area contributed by atoms with Crippen LogP contribution < -0.4 is 5.32 Å². The van der Waals surface area contributed by atoms with Crippen LogP contribution in [-0.4, -0.2) is 35.5 Å². The number of hydrogen-bond donors (Lipinski definition) is 1. The predicted octanol–water partition coefficient (Wildman–Crippen LogP) is 4.09. The molecule has 1 aromatic heterocycles. The number of hydrogen-bond acceptors (Lipinski definition) is 6. The van der Waals surface area contributed by atoms with Crippen LogP contribution in [-0.2, 0) is 16.1 Å². The number of ether oxygens (including phenoxy) is 1. The smallest absolute Gasteiger partial charge is 0.337 e. The summed E-state index contributed by atoms with van der Waals surface area (Å²) in [5.74, 6) is 0.506. The van der Waals surface area contributed by atoms with E-state index < -0.39 is 5.97 Å². The molecule has 2 heterocycles. The van der Waals surface area contributed by atoms with Crippen LogP contribution in [0.4, 0.5) is 5.69 Å².